The number of halogens is 1. The normalized spacial score (nSPS) is 21.3. The quantitative estimate of drug-likeness (QED) is 0.815. The Morgan fingerprint density at radius 3 is 2.72 bits per heavy atom. The summed E-state index contributed by atoms with van der Waals surface area (Å²) < 4.78 is 19.3. The minimum atomic E-state index is -0.166. The first kappa shape index (κ1) is 17.9. The molecule has 2 fully saturated rings. The van der Waals surface area contributed by atoms with Crippen LogP contribution >= 0.6 is 0 Å². The SMILES string of the molecule is O=C(NCCN1CCN(c2ccccc2F)CC1)NC[C@@H]1CCCO1. The van der Waals surface area contributed by atoms with Crippen molar-refractivity contribution in [3.63, 3.8) is 0 Å². The van der Waals surface area contributed by atoms with Gasteiger partial charge in [0.15, 0.2) is 0 Å². The summed E-state index contributed by atoms with van der Waals surface area (Å²) in [5.41, 5.74) is 0.675. The first-order chi connectivity index (χ1) is 12.2. The van der Waals surface area contributed by atoms with E-state index in [1.165, 1.54) is 6.07 Å². The summed E-state index contributed by atoms with van der Waals surface area (Å²) in [5.74, 6) is -0.166. The fourth-order valence-electron chi connectivity index (χ4n) is 3.32. The van der Waals surface area contributed by atoms with Crippen LogP contribution in [-0.4, -0.2) is 69.5 Å². The van der Waals surface area contributed by atoms with E-state index in [9.17, 15) is 9.18 Å². The zero-order valence-corrected chi connectivity index (χ0v) is 14.5. The van der Waals surface area contributed by atoms with Crippen molar-refractivity contribution < 1.29 is 13.9 Å². The van der Waals surface area contributed by atoms with Gasteiger partial charge >= 0.3 is 6.03 Å². The Bertz CT molecular complexity index is 558. The number of para-hydroxylation sites is 1. The molecule has 2 saturated heterocycles. The van der Waals surface area contributed by atoms with Gasteiger partial charge in [-0.25, -0.2) is 9.18 Å². The number of rotatable bonds is 6. The third-order valence-electron chi connectivity index (χ3n) is 4.79. The van der Waals surface area contributed by atoms with Crippen molar-refractivity contribution in [2.45, 2.75) is 18.9 Å². The summed E-state index contributed by atoms with van der Waals surface area (Å²) in [6.07, 6.45) is 2.26. The molecule has 1 atom stereocenters. The van der Waals surface area contributed by atoms with E-state index >= 15 is 0 Å². The summed E-state index contributed by atoms with van der Waals surface area (Å²) in [5, 5.41) is 5.74. The lowest BCUT2D eigenvalue weighted by atomic mass is 10.2. The van der Waals surface area contributed by atoms with Crippen LogP contribution in [0.1, 0.15) is 12.8 Å². The molecule has 2 aliphatic heterocycles. The van der Waals surface area contributed by atoms with Gasteiger partial charge in [0, 0.05) is 52.4 Å². The Labute approximate surface area is 148 Å². The maximum absolute atomic E-state index is 13.8. The summed E-state index contributed by atoms with van der Waals surface area (Å²) in [6.45, 7) is 6.12. The number of anilines is 1. The van der Waals surface area contributed by atoms with Crippen molar-refractivity contribution in [2.24, 2.45) is 0 Å². The van der Waals surface area contributed by atoms with Crippen LogP contribution in [0.3, 0.4) is 0 Å². The molecule has 2 aliphatic rings. The topological polar surface area (TPSA) is 56.8 Å². The predicted octanol–water partition coefficient (Wildman–Crippen LogP) is 1.43. The summed E-state index contributed by atoms with van der Waals surface area (Å²) >= 11 is 0. The molecule has 0 aliphatic carbocycles. The number of amides is 2. The maximum Gasteiger partial charge on any atom is 0.314 e. The zero-order chi connectivity index (χ0) is 17.5. The zero-order valence-electron chi connectivity index (χ0n) is 14.5. The molecular weight excluding hydrogens is 323 g/mol. The molecule has 2 heterocycles. The number of hydrogen-bond acceptors (Lipinski definition) is 4. The van der Waals surface area contributed by atoms with E-state index < -0.39 is 0 Å². The highest BCUT2D eigenvalue weighted by atomic mass is 19.1. The summed E-state index contributed by atoms with van der Waals surface area (Å²) in [7, 11) is 0. The highest BCUT2D eigenvalue weighted by molar-refractivity contribution is 5.73. The van der Waals surface area contributed by atoms with E-state index in [0.717, 1.165) is 52.2 Å². The van der Waals surface area contributed by atoms with Gasteiger partial charge in [0.05, 0.1) is 11.8 Å². The number of benzene rings is 1. The van der Waals surface area contributed by atoms with Crippen molar-refractivity contribution in [1.82, 2.24) is 15.5 Å². The van der Waals surface area contributed by atoms with Gasteiger partial charge < -0.3 is 20.3 Å². The predicted molar refractivity (Wildman–Crippen MR) is 95.4 cm³/mol. The Balaban J connectivity index is 1.30. The number of nitrogens with one attached hydrogen (secondary N) is 2. The van der Waals surface area contributed by atoms with E-state index in [1.807, 2.05) is 12.1 Å². The number of carbonyl (C=O) groups excluding carboxylic acids is 1. The largest absolute Gasteiger partial charge is 0.376 e. The van der Waals surface area contributed by atoms with Crippen LogP contribution < -0.4 is 15.5 Å². The van der Waals surface area contributed by atoms with Gasteiger partial charge in [-0.2, -0.15) is 0 Å². The van der Waals surface area contributed by atoms with E-state index in [2.05, 4.69) is 20.4 Å². The molecular formula is C18H27FN4O2. The third-order valence-corrected chi connectivity index (χ3v) is 4.79. The fourth-order valence-corrected chi connectivity index (χ4v) is 3.32. The number of piperazine rings is 1. The highest BCUT2D eigenvalue weighted by Crippen LogP contribution is 2.19. The van der Waals surface area contributed by atoms with Gasteiger partial charge in [-0.1, -0.05) is 12.1 Å². The molecule has 3 rings (SSSR count). The first-order valence-corrected chi connectivity index (χ1v) is 9.07. The number of ether oxygens (including phenoxy) is 1. The van der Waals surface area contributed by atoms with Crippen LogP contribution in [-0.2, 0) is 4.74 Å². The monoisotopic (exact) mass is 350 g/mol. The number of hydrogen-bond donors (Lipinski definition) is 2. The molecule has 7 heteroatoms. The van der Waals surface area contributed by atoms with Gasteiger partial charge in [0.2, 0.25) is 0 Å². The minimum absolute atomic E-state index is 0.138. The van der Waals surface area contributed by atoms with Gasteiger partial charge in [-0.15, -0.1) is 0 Å². The molecule has 138 valence electrons. The van der Waals surface area contributed by atoms with E-state index in [0.29, 0.717) is 18.8 Å². The lowest BCUT2D eigenvalue weighted by Crippen LogP contribution is -2.49. The Kier molecular flexibility index (Phi) is 6.47. The maximum atomic E-state index is 13.8. The van der Waals surface area contributed by atoms with Crippen LogP contribution in [0.4, 0.5) is 14.9 Å². The van der Waals surface area contributed by atoms with Crippen molar-refractivity contribution >= 4 is 11.7 Å². The Morgan fingerprint density at radius 1 is 1.20 bits per heavy atom. The molecule has 1 aromatic rings. The van der Waals surface area contributed by atoms with Crippen molar-refractivity contribution in [3.8, 4) is 0 Å². The molecule has 0 bridgehead atoms. The van der Waals surface area contributed by atoms with Crippen molar-refractivity contribution in [3.05, 3.63) is 30.1 Å². The molecule has 6 nitrogen and oxygen atoms in total. The van der Waals surface area contributed by atoms with E-state index in [1.54, 1.807) is 6.07 Å². The molecule has 0 unspecified atom stereocenters. The molecule has 1 aromatic carbocycles. The lowest BCUT2D eigenvalue weighted by Gasteiger charge is -2.36. The molecule has 0 spiro atoms. The Hall–Kier alpha value is -1.86. The van der Waals surface area contributed by atoms with Crippen LogP contribution in [0.15, 0.2) is 24.3 Å². The van der Waals surface area contributed by atoms with E-state index in [4.69, 9.17) is 4.74 Å². The van der Waals surface area contributed by atoms with Crippen LogP contribution in [0.5, 0.6) is 0 Å². The summed E-state index contributed by atoms with van der Waals surface area (Å²) in [6, 6.07) is 6.76. The van der Waals surface area contributed by atoms with Crippen molar-refractivity contribution in [2.75, 3.05) is 57.3 Å². The second-order valence-electron chi connectivity index (χ2n) is 6.55. The number of nitrogens with zero attached hydrogens (tertiary/aromatic N) is 2. The molecule has 2 amide bonds. The number of carbonyl (C=O) groups is 1. The van der Waals surface area contributed by atoms with Crippen LogP contribution in [0, 0.1) is 5.82 Å². The van der Waals surface area contributed by atoms with Gasteiger partial charge in [-0.3, -0.25) is 4.90 Å². The van der Waals surface area contributed by atoms with Crippen molar-refractivity contribution in [1.29, 1.82) is 0 Å². The standard InChI is InChI=1S/C18H27FN4O2/c19-16-5-1-2-6-17(16)23-11-9-22(10-12-23)8-7-20-18(24)21-14-15-4-3-13-25-15/h1-2,5-6,15H,3-4,7-14H2,(H2,20,21,24)/t15-/m0/s1. The third kappa shape index (κ3) is 5.31. The smallest absolute Gasteiger partial charge is 0.314 e. The average molecular weight is 350 g/mol. The number of urea groups is 1. The molecule has 0 aromatic heterocycles. The van der Waals surface area contributed by atoms with Crippen LogP contribution in [0.2, 0.25) is 0 Å². The first-order valence-electron chi connectivity index (χ1n) is 9.07. The fraction of sp³-hybridized carbons (Fsp3) is 0.611. The van der Waals surface area contributed by atoms with Crippen LogP contribution in [0.25, 0.3) is 0 Å². The molecule has 2 N–H and O–H groups in total. The summed E-state index contributed by atoms with van der Waals surface area (Å²) in [4.78, 5) is 16.1. The minimum Gasteiger partial charge on any atom is -0.376 e. The van der Waals surface area contributed by atoms with Gasteiger partial charge in [-0.05, 0) is 25.0 Å². The second-order valence-corrected chi connectivity index (χ2v) is 6.55. The second kappa shape index (κ2) is 9.01. The van der Waals surface area contributed by atoms with E-state index in [-0.39, 0.29) is 18.0 Å². The Morgan fingerprint density at radius 2 is 2.00 bits per heavy atom. The van der Waals surface area contributed by atoms with Gasteiger partial charge in [0.25, 0.3) is 0 Å². The lowest BCUT2D eigenvalue weighted by molar-refractivity contribution is 0.111. The van der Waals surface area contributed by atoms with Gasteiger partial charge in [0.1, 0.15) is 5.82 Å². The molecule has 0 saturated carbocycles. The highest BCUT2D eigenvalue weighted by Gasteiger charge is 2.19. The average Bonchev–Trinajstić information content (AvgIpc) is 3.15. The molecule has 25 heavy (non-hydrogen) atoms. The molecule has 0 radical (unpaired) electrons.